The average molecular weight is 569 g/mol. The van der Waals surface area contributed by atoms with Gasteiger partial charge in [0.05, 0.1) is 22.0 Å². The number of aromatic nitrogens is 2. The number of anilines is 3. The second-order valence-electron chi connectivity index (χ2n) is 10.6. The molecule has 41 heavy (non-hydrogen) atoms. The Hall–Kier alpha value is -4.23. The molecule has 0 saturated heterocycles. The standard InChI is InChI=1S/C33H30ClFN4O2/c1-2-6-19-17-26(19)23-8-4-3-7-22(23)24-15-16-25(24)30-27(32(41)38-31-28(34)9-5-10-29(31)35)18-36-33(39-30)37-20-11-13-21(40)14-12-20/h3-5,7-14,17-18,24-26,40H,2,6,15-16H2,1H3,(H,38,41)(H,36,37,39). The summed E-state index contributed by atoms with van der Waals surface area (Å²) in [7, 11) is 0. The van der Waals surface area contributed by atoms with Crippen LogP contribution in [0.4, 0.5) is 21.7 Å². The number of nitrogens with one attached hydrogen (secondary N) is 2. The van der Waals surface area contributed by atoms with Crippen LogP contribution in [0.25, 0.3) is 0 Å². The summed E-state index contributed by atoms with van der Waals surface area (Å²) in [6.07, 6.45) is 7.89. The molecule has 208 valence electrons. The average Bonchev–Trinajstić information content (AvgIpc) is 3.71. The van der Waals surface area contributed by atoms with E-state index in [-0.39, 0.29) is 33.9 Å². The topological polar surface area (TPSA) is 87.1 Å². The second kappa shape index (κ2) is 11.3. The van der Waals surface area contributed by atoms with Gasteiger partial charge in [0, 0.05) is 23.7 Å². The molecule has 3 unspecified atom stereocenters. The first-order valence-electron chi connectivity index (χ1n) is 13.9. The Labute approximate surface area is 243 Å². The van der Waals surface area contributed by atoms with Crippen LogP contribution in [0, 0.1) is 5.82 Å². The number of phenols is 1. The Morgan fingerprint density at radius 2 is 1.78 bits per heavy atom. The number of hydrogen-bond acceptors (Lipinski definition) is 5. The molecule has 1 saturated carbocycles. The lowest BCUT2D eigenvalue weighted by Crippen LogP contribution is -2.28. The molecule has 0 bridgehead atoms. The van der Waals surface area contributed by atoms with Crippen molar-refractivity contribution in [1.29, 1.82) is 0 Å². The zero-order valence-electron chi connectivity index (χ0n) is 22.6. The van der Waals surface area contributed by atoms with Gasteiger partial charge in [0.15, 0.2) is 0 Å². The van der Waals surface area contributed by atoms with Gasteiger partial charge in [-0.25, -0.2) is 14.4 Å². The van der Waals surface area contributed by atoms with Crippen molar-refractivity contribution in [3.05, 3.63) is 118 Å². The van der Waals surface area contributed by atoms with Gasteiger partial charge in [0.2, 0.25) is 5.95 Å². The van der Waals surface area contributed by atoms with E-state index in [0.717, 1.165) is 25.7 Å². The van der Waals surface area contributed by atoms with Crippen LogP contribution >= 0.6 is 11.6 Å². The summed E-state index contributed by atoms with van der Waals surface area (Å²) in [5.41, 5.74) is 5.61. The molecule has 0 spiro atoms. The van der Waals surface area contributed by atoms with Crippen molar-refractivity contribution in [2.75, 3.05) is 10.6 Å². The van der Waals surface area contributed by atoms with Crippen molar-refractivity contribution < 1.29 is 14.3 Å². The van der Waals surface area contributed by atoms with Gasteiger partial charge in [-0.15, -0.1) is 0 Å². The molecule has 2 aliphatic rings. The Bertz CT molecular complexity index is 1620. The fourth-order valence-corrected chi connectivity index (χ4v) is 5.91. The van der Waals surface area contributed by atoms with Crippen LogP contribution < -0.4 is 10.6 Å². The van der Waals surface area contributed by atoms with Gasteiger partial charge in [-0.3, -0.25) is 4.79 Å². The van der Waals surface area contributed by atoms with Crippen molar-refractivity contribution in [2.24, 2.45) is 0 Å². The number of hydrogen-bond donors (Lipinski definition) is 3. The molecule has 1 heterocycles. The molecule has 1 amide bonds. The number of halogens is 2. The number of allylic oxidation sites excluding steroid dienone is 2. The van der Waals surface area contributed by atoms with E-state index in [4.69, 9.17) is 16.6 Å². The molecule has 3 N–H and O–H groups in total. The highest BCUT2D eigenvalue weighted by Gasteiger charge is 2.40. The zero-order valence-corrected chi connectivity index (χ0v) is 23.3. The molecule has 8 heteroatoms. The van der Waals surface area contributed by atoms with Gasteiger partial charge >= 0.3 is 0 Å². The maximum atomic E-state index is 14.5. The van der Waals surface area contributed by atoms with Crippen molar-refractivity contribution in [3.63, 3.8) is 0 Å². The number of carbonyl (C=O) groups excluding carboxylic acids is 1. The number of rotatable bonds is 9. The maximum absolute atomic E-state index is 14.5. The third-order valence-electron chi connectivity index (χ3n) is 7.95. The highest BCUT2D eigenvalue weighted by molar-refractivity contribution is 6.34. The molecule has 1 aromatic heterocycles. The number of benzene rings is 3. The summed E-state index contributed by atoms with van der Waals surface area (Å²) in [5.74, 6) is -0.105. The molecule has 0 aliphatic heterocycles. The van der Waals surface area contributed by atoms with Crippen LogP contribution in [0.1, 0.15) is 77.5 Å². The third-order valence-corrected chi connectivity index (χ3v) is 8.27. The van der Waals surface area contributed by atoms with Gasteiger partial charge in [-0.2, -0.15) is 0 Å². The lowest BCUT2D eigenvalue weighted by atomic mass is 9.66. The number of amides is 1. The molecular formula is C33H30ClFN4O2. The fourth-order valence-electron chi connectivity index (χ4n) is 5.70. The largest absolute Gasteiger partial charge is 0.508 e. The molecule has 2 aliphatic carbocycles. The summed E-state index contributed by atoms with van der Waals surface area (Å²) < 4.78 is 14.5. The lowest BCUT2D eigenvalue weighted by Gasteiger charge is -2.38. The maximum Gasteiger partial charge on any atom is 0.259 e. The molecule has 3 aromatic carbocycles. The number of para-hydroxylation sites is 1. The smallest absolute Gasteiger partial charge is 0.259 e. The first-order chi connectivity index (χ1) is 19.9. The fraction of sp³-hybridized carbons (Fsp3) is 0.242. The molecule has 6 nitrogen and oxygen atoms in total. The van der Waals surface area contributed by atoms with Crippen LogP contribution in [0.2, 0.25) is 5.02 Å². The second-order valence-corrected chi connectivity index (χ2v) is 11.0. The predicted molar refractivity (Wildman–Crippen MR) is 160 cm³/mol. The summed E-state index contributed by atoms with van der Waals surface area (Å²) in [4.78, 5) is 22.8. The van der Waals surface area contributed by atoms with Crippen LogP contribution in [0.15, 0.2) is 84.6 Å². The summed E-state index contributed by atoms with van der Waals surface area (Å²) >= 11 is 6.20. The van der Waals surface area contributed by atoms with Crippen molar-refractivity contribution in [3.8, 4) is 5.75 Å². The zero-order chi connectivity index (χ0) is 28.5. The molecule has 6 rings (SSSR count). The first-order valence-corrected chi connectivity index (χ1v) is 14.3. The summed E-state index contributed by atoms with van der Waals surface area (Å²) in [6.45, 7) is 2.20. The molecule has 3 atom stereocenters. The summed E-state index contributed by atoms with van der Waals surface area (Å²) in [6, 6.07) is 19.4. The van der Waals surface area contributed by atoms with Crippen molar-refractivity contribution in [1.82, 2.24) is 9.97 Å². The van der Waals surface area contributed by atoms with Gasteiger partial charge in [0.1, 0.15) is 11.6 Å². The normalized spacial score (nSPS) is 19.2. The third kappa shape index (κ3) is 5.55. The SMILES string of the molecule is CCCC1=CC1c1ccccc1C1CCC1c1nc(Nc2ccc(O)cc2)ncc1C(=O)Nc1c(F)cccc1Cl. The molecule has 0 radical (unpaired) electrons. The van der Waals surface area contributed by atoms with Crippen molar-refractivity contribution in [2.45, 2.75) is 50.4 Å². The Balaban J connectivity index is 1.35. The molecular weight excluding hydrogens is 539 g/mol. The molecule has 1 fully saturated rings. The van der Waals surface area contributed by atoms with Gasteiger partial charge in [-0.05, 0) is 72.7 Å². The number of phenolic OH excluding ortho intramolecular Hbond substituents is 1. The van der Waals surface area contributed by atoms with E-state index in [1.807, 2.05) is 0 Å². The van der Waals surface area contributed by atoms with Crippen molar-refractivity contribution >= 4 is 34.8 Å². The van der Waals surface area contributed by atoms with Gasteiger partial charge in [-0.1, -0.05) is 66.9 Å². The van der Waals surface area contributed by atoms with E-state index in [0.29, 0.717) is 23.2 Å². The minimum Gasteiger partial charge on any atom is -0.508 e. The monoisotopic (exact) mass is 568 g/mol. The van der Waals surface area contributed by atoms with E-state index in [9.17, 15) is 14.3 Å². The van der Waals surface area contributed by atoms with Crippen LogP contribution in [0.3, 0.4) is 0 Å². The van der Waals surface area contributed by atoms with E-state index < -0.39 is 11.7 Å². The Morgan fingerprint density at radius 1 is 1.02 bits per heavy atom. The number of nitrogens with zero attached hydrogens (tertiary/aromatic N) is 2. The Morgan fingerprint density at radius 3 is 2.49 bits per heavy atom. The van der Waals surface area contributed by atoms with Gasteiger partial charge < -0.3 is 15.7 Å². The number of carbonyl (C=O) groups is 1. The predicted octanol–water partition coefficient (Wildman–Crippen LogP) is 8.46. The van der Waals surface area contributed by atoms with E-state index in [1.165, 1.54) is 41.1 Å². The van der Waals surface area contributed by atoms with Crippen LogP contribution in [-0.2, 0) is 0 Å². The van der Waals surface area contributed by atoms with Crippen LogP contribution in [0.5, 0.6) is 5.75 Å². The van der Waals surface area contributed by atoms with E-state index in [2.05, 4.69) is 52.9 Å². The minimum atomic E-state index is -0.616. The van der Waals surface area contributed by atoms with Crippen LogP contribution in [-0.4, -0.2) is 21.0 Å². The summed E-state index contributed by atoms with van der Waals surface area (Å²) in [5, 5.41) is 15.6. The quantitative estimate of drug-likeness (QED) is 0.139. The minimum absolute atomic E-state index is 0.0234. The van der Waals surface area contributed by atoms with E-state index in [1.54, 1.807) is 24.3 Å². The molecule has 4 aromatic rings. The van der Waals surface area contributed by atoms with E-state index >= 15 is 0 Å². The number of aromatic hydroxyl groups is 1. The first kappa shape index (κ1) is 27.0. The highest BCUT2D eigenvalue weighted by atomic mass is 35.5. The Kier molecular flexibility index (Phi) is 7.45. The lowest BCUT2D eigenvalue weighted by molar-refractivity contribution is 0.102. The highest BCUT2D eigenvalue weighted by Crippen LogP contribution is 2.53. The van der Waals surface area contributed by atoms with Gasteiger partial charge in [0.25, 0.3) is 5.91 Å².